The van der Waals surface area contributed by atoms with Gasteiger partial charge < -0.3 is 0 Å². The number of pyridine rings is 1. The smallest absolute Gasteiger partial charge is 0.262 e. The molecule has 0 aliphatic rings. The van der Waals surface area contributed by atoms with Crippen LogP contribution in [-0.2, 0) is 10.0 Å². The molecule has 19 heavy (non-hydrogen) atoms. The minimum absolute atomic E-state index is 0.0264. The molecule has 6 nitrogen and oxygen atoms in total. The lowest BCUT2D eigenvalue weighted by molar-refractivity contribution is 0.600. The van der Waals surface area contributed by atoms with E-state index >= 15 is 0 Å². The van der Waals surface area contributed by atoms with E-state index in [9.17, 15) is 8.42 Å². The van der Waals surface area contributed by atoms with E-state index < -0.39 is 10.0 Å². The molecular formula is C9H5Br3N4O2S. The minimum atomic E-state index is -3.76. The van der Waals surface area contributed by atoms with Crippen molar-refractivity contribution >= 4 is 63.6 Å². The molecule has 0 bridgehead atoms. The van der Waals surface area contributed by atoms with Gasteiger partial charge in [0.25, 0.3) is 10.0 Å². The molecule has 0 atom stereocenters. The summed E-state index contributed by atoms with van der Waals surface area (Å²) in [5.74, 6) is 0.100. The molecule has 0 fully saturated rings. The summed E-state index contributed by atoms with van der Waals surface area (Å²) in [7, 11) is -3.76. The molecule has 2 aromatic heterocycles. The summed E-state index contributed by atoms with van der Waals surface area (Å²) in [5, 5.41) is 0. The van der Waals surface area contributed by atoms with E-state index in [1.54, 1.807) is 0 Å². The monoisotopic (exact) mass is 470 g/mol. The fourth-order valence-electron chi connectivity index (χ4n) is 1.14. The van der Waals surface area contributed by atoms with Gasteiger partial charge in [0.15, 0.2) is 10.4 Å². The third-order valence-electron chi connectivity index (χ3n) is 1.92. The summed E-state index contributed by atoms with van der Waals surface area (Å²) in [6, 6.07) is 1.44. The number of anilines is 1. The van der Waals surface area contributed by atoms with Crippen LogP contribution in [0, 0.1) is 0 Å². The summed E-state index contributed by atoms with van der Waals surface area (Å²) in [6.07, 6.45) is 4.13. The zero-order valence-electron chi connectivity index (χ0n) is 9.01. The number of rotatable bonds is 3. The summed E-state index contributed by atoms with van der Waals surface area (Å²) in [5.41, 5.74) is 0. The molecule has 2 rings (SSSR count). The van der Waals surface area contributed by atoms with Crippen LogP contribution in [0.15, 0.2) is 43.2 Å². The number of hydrogen-bond acceptors (Lipinski definition) is 5. The number of hydrogen-bond donors (Lipinski definition) is 1. The summed E-state index contributed by atoms with van der Waals surface area (Å²) < 4.78 is 27.9. The maximum atomic E-state index is 12.1. The van der Waals surface area contributed by atoms with Crippen molar-refractivity contribution in [2.45, 2.75) is 4.90 Å². The average molecular weight is 473 g/mol. The SMILES string of the molecule is O=S(=O)(Nc1ncc(Br)nc1Br)c1cncc(Br)c1. The highest BCUT2D eigenvalue weighted by Gasteiger charge is 2.17. The Morgan fingerprint density at radius 3 is 2.47 bits per heavy atom. The number of aromatic nitrogens is 3. The van der Waals surface area contributed by atoms with E-state index in [-0.39, 0.29) is 15.3 Å². The fourth-order valence-corrected chi connectivity index (χ4v) is 3.70. The molecule has 0 aliphatic carbocycles. The van der Waals surface area contributed by atoms with Crippen LogP contribution >= 0.6 is 47.8 Å². The largest absolute Gasteiger partial charge is 0.264 e. The molecule has 1 N–H and O–H groups in total. The summed E-state index contributed by atoms with van der Waals surface area (Å²) in [6.45, 7) is 0. The zero-order valence-corrected chi connectivity index (χ0v) is 14.6. The Bertz CT molecular complexity index is 723. The van der Waals surface area contributed by atoms with E-state index in [1.807, 2.05) is 0 Å². The van der Waals surface area contributed by atoms with Crippen molar-refractivity contribution in [3.63, 3.8) is 0 Å². The van der Waals surface area contributed by atoms with Crippen molar-refractivity contribution in [2.75, 3.05) is 4.72 Å². The average Bonchev–Trinajstić information content (AvgIpc) is 2.33. The van der Waals surface area contributed by atoms with Gasteiger partial charge in [-0.2, -0.15) is 0 Å². The second kappa shape index (κ2) is 5.81. The van der Waals surface area contributed by atoms with E-state index in [0.717, 1.165) is 0 Å². The van der Waals surface area contributed by atoms with Crippen LogP contribution in [0.3, 0.4) is 0 Å². The molecule has 0 saturated heterocycles. The van der Waals surface area contributed by atoms with Crippen molar-refractivity contribution in [1.29, 1.82) is 0 Å². The normalized spacial score (nSPS) is 11.3. The maximum absolute atomic E-state index is 12.1. The zero-order chi connectivity index (χ0) is 14.0. The van der Waals surface area contributed by atoms with Crippen molar-refractivity contribution in [1.82, 2.24) is 15.0 Å². The quantitative estimate of drug-likeness (QED) is 0.742. The van der Waals surface area contributed by atoms with Crippen LogP contribution in [0.2, 0.25) is 0 Å². The van der Waals surface area contributed by atoms with Crippen LogP contribution in [-0.4, -0.2) is 23.4 Å². The lowest BCUT2D eigenvalue weighted by atomic mass is 10.5. The number of sulfonamides is 1. The van der Waals surface area contributed by atoms with E-state index in [2.05, 4.69) is 67.5 Å². The number of halogens is 3. The molecule has 0 aliphatic heterocycles. The van der Waals surface area contributed by atoms with Crippen LogP contribution in [0.25, 0.3) is 0 Å². The van der Waals surface area contributed by atoms with Gasteiger partial charge in [-0.1, -0.05) is 0 Å². The Labute approximate surface area is 134 Å². The Morgan fingerprint density at radius 2 is 1.84 bits per heavy atom. The molecule has 10 heteroatoms. The minimum Gasteiger partial charge on any atom is -0.262 e. The van der Waals surface area contributed by atoms with Gasteiger partial charge in [-0.05, 0) is 53.9 Å². The van der Waals surface area contributed by atoms with E-state index in [0.29, 0.717) is 9.08 Å². The predicted octanol–water partition coefficient (Wildman–Crippen LogP) is 2.96. The third-order valence-corrected chi connectivity index (χ3v) is 4.60. The molecular weight excluding hydrogens is 468 g/mol. The molecule has 100 valence electrons. The predicted molar refractivity (Wildman–Crippen MR) is 80.2 cm³/mol. The topological polar surface area (TPSA) is 84.8 Å². The Balaban J connectivity index is 2.36. The Morgan fingerprint density at radius 1 is 1.11 bits per heavy atom. The van der Waals surface area contributed by atoms with Gasteiger partial charge >= 0.3 is 0 Å². The second-order valence-electron chi connectivity index (χ2n) is 3.28. The molecule has 0 spiro atoms. The van der Waals surface area contributed by atoms with Crippen LogP contribution < -0.4 is 4.72 Å². The van der Waals surface area contributed by atoms with Gasteiger partial charge in [-0.25, -0.2) is 18.4 Å². The maximum Gasteiger partial charge on any atom is 0.264 e. The highest BCUT2D eigenvalue weighted by Crippen LogP contribution is 2.23. The molecule has 0 radical (unpaired) electrons. The van der Waals surface area contributed by atoms with Gasteiger partial charge in [0.1, 0.15) is 9.50 Å². The lowest BCUT2D eigenvalue weighted by Crippen LogP contribution is -2.15. The van der Waals surface area contributed by atoms with Crippen LogP contribution in [0.4, 0.5) is 5.82 Å². The van der Waals surface area contributed by atoms with Gasteiger partial charge in [0.05, 0.1) is 6.20 Å². The van der Waals surface area contributed by atoms with Crippen molar-refractivity contribution < 1.29 is 8.42 Å². The highest BCUT2D eigenvalue weighted by atomic mass is 79.9. The lowest BCUT2D eigenvalue weighted by Gasteiger charge is -2.08. The van der Waals surface area contributed by atoms with Gasteiger partial charge in [0, 0.05) is 16.9 Å². The third kappa shape index (κ3) is 3.71. The molecule has 0 saturated carbocycles. The second-order valence-corrected chi connectivity index (χ2v) is 7.44. The molecule has 0 unspecified atom stereocenters. The van der Waals surface area contributed by atoms with Gasteiger partial charge in [-0.15, -0.1) is 0 Å². The van der Waals surface area contributed by atoms with E-state index in [4.69, 9.17) is 0 Å². The first kappa shape index (κ1) is 14.8. The van der Waals surface area contributed by atoms with Crippen molar-refractivity contribution in [3.05, 3.63) is 38.3 Å². The Hall–Kier alpha value is -0.580. The van der Waals surface area contributed by atoms with Crippen molar-refractivity contribution in [3.8, 4) is 0 Å². The van der Waals surface area contributed by atoms with Crippen LogP contribution in [0.1, 0.15) is 0 Å². The summed E-state index contributed by atoms with van der Waals surface area (Å²) in [4.78, 5) is 11.8. The molecule has 2 aromatic rings. The first-order valence-corrected chi connectivity index (χ1v) is 8.56. The number of nitrogens with one attached hydrogen (secondary N) is 1. The Kier molecular flexibility index (Phi) is 4.54. The first-order valence-electron chi connectivity index (χ1n) is 4.70. The molecule has 0 aromatic carbocycles. The fraction of sp³-hybridized carbons (Fsp3) is 0. The van der Waals surface area contributed by atoms with E-state index in [1.165, 1.54) is 24.7 Å². The van der Waals surface area contributed by atoms with Gasteiger partial charge in [0.2, 0.25) is 0 Å². The molecule has 2 heterocycles. The first-order chi connectivity index (χ1) is 8.88. The van der Waals surface area contributed by atoms with Gasteiger partial charge in [-0.3, -0.25) is 9.71 Å². The standard InChI is InChI=1S/C9H5Br3N4O2S/c10-5-1-6(3-13-2-5)19(17,18)16-9-8(12)15-7(11)4-14-9/h1-4H,(H,14,16). The van der Waals surface area contributed by atoms with Crippen LogP contribution in [0.5, 0.6) is 0 Å². The highest BCUT2D eigenvalue weighted by molar-refractivity contribution is 9.11. The van der Waals surface area contributed by atoms with Crippen molar-refractivity contribution in [2.24, 2.45) is 0 Å². The molecule has 0 amide bonds. The number of nitrogens with zero attached hydrogens (tertiary/aromatic N) is 3. The summed E-state index contributed by atoms with van der Waals surface area (Å²) >= 11 is 9.43.